The van der Waals surface area contributed by atoms with Crippen LogP contribution in [0.15, 0.2) is 53.4 Å². The Labute approximate surface area is 182 Å². The van der Waals surface area contributed by atoms with Gasteiger partial charge in [-0.15, -0.1) is 11.3 Å². The molecule has 0 spiro atoms. The molecule has 1 saturated heterocycles. The number of nitrogens with one attached hydrogen (secondary N) is 1. The summed E-state index contributed by atoms with van der Waals surface area (Å²) in [5.74, 6) is -0.170. The second-order valence-corrected chi connectivity index (χ2v) is 8.43. The molecule has 0 radical (unpaired) electrons. The Balaban J connectivity index is 1.36. The molecule has 3 N–H and O–H groups in total. The summed E-state index contributed by atoms with van der Waals surface area (Å²) in [6, 6.07) is 9.39. The molecule has 4 aromatic rings. The zero-order valence-electron chi connectivity index (χ0n) is 16.7. The Morgan fingerprint density at radius 1 is 1.19 bits per heavy atom. The zero-order valence-corrected chi connectivity index (χ0v) is 17.5. The summed E-state index contributed by atoms with van der Waals surface area (Å²) in [7, 11) is 0. The topological polar surface area (TPSA) is 107 Å². The molecular weight excluding hydrogens is 414 g/mol. The number of morpholine rings is 1. The van der Waals surface area contributed by atoms with Crippen LogP contribution in [0.1, 0.15) is 15.2 Å². The van der Waals surface area contributed by atoms with Gasteiger partial charge in [0.2, 0.25) is 0 Å². The number of furan rings is 1. The van der Waals surface area contributed by atoms with Gasteiger partial charge in [0.25, 0.3) is 5.91 Å². The predicted octanol–water partition coefficient (Wildman–Crippen LogP) is 3.62. The summed E-state index contributed by atoms with van der Waals surface area (Å²) < 4.78 is 10.9. The highest BCUT2D eigenvalue weighted by molar-refractivity contribution is 7.15. The number of hydrogen-bond donors (Lipinski definition) is 2. The Morgan fingerprint density at radius 2 is 2.06 bits per heavy atom. The molecule has 4 aromatic heterocycles. The van der Waals surface area contributed by atoms with Crippen molar-refractivity contribution in [1.29, 1.82) is 0 Å². The molecule has 5 heterocycles. The number of aromatic nitrogens is 2. The van der Waals surface area contributed by atoms with Gasteiger partial charge in [0.05, 0.1) is 30.7 Å². The van der Waals surface area contributed by atoms with Crippen molar-refractivity contribution in [3.8, 4) is 10.4 Å². The van der Waals surface area contributed by atoms with Crippen LogP contribution < -0.4 is 11.1 Å². The van der Waals surface area contributed by atoms with Gasteiger partial charge in [-0.1, -0.05) is 0 Å². The maximum absolute atomic E-state index is 12.9. The molecule has 0 unspecified atom stereocenters. The molecule has 1 aliphatic rings. The van der Waals surface area contributed by atoms with Crippen LogP contribution in [0, 0.1) is 0 Å². The van der Waals surface area contributed by atoms with E-state index in [4.69, 9.17) is 14.9 Å². The molecule has 1 aliphatic heterocycles. The van der Waals surface area contributed by atoms with Crippen molar-refractivity contribution in [2.45, 2.75) is 6.54 Å². The zero-order chi connectivity index (χ0) is 21.2. The lowest BCUT2D eigenvalue weighted by atomic mass is 10.1. The monoisotopic (exact) mass is 435 g/mol. The number of ether oxygens (including phenoxy) is 1. The fourth-order valence-electron chi connectivity index (χ4n) is 3.55. The summed E-state index contributed by atoms with van der Waals surface area (Å²) >= 11 is 1.69. The summed E-state index contributed by atoms with van der Waals surface area (Å²) in [5.41, 5.74) is 8.92. The lowest BCUT2D eigenvalue weighted by Crippen LogP contribution is -2.35. The van der Waals surface area contributed by atoms with Crippen molar-refractivity contribution in [3.05, 3.63) is 59.4 Å². The average molecular weight is 436 g/mol. The number of nitrogens with two attached hydrogens (primary N) is 1. The summed E-state index contributed by atoms with van der Waals surface area (Å²) in [6.45, 7) is 4.34. The van der Waals surface area contributed by atoms with Crippen LogP contribution >= 0.6 is 11.3 Å². The first kappa shape index (κ1) is 19.7. The van der Waals surface area contributed by atoms with Gasteiger partial charge in [0.15, 0.2) is 5.58 Å². The van der Waals surface area contributed by atoms with Crippen LogP contribution in [0.5, 0.6) is 0 Å². The van der Waals surface area contributed by atoms with Gasteiger partial charge in [-0.3, -0.25) is 14.7 Å². The Morgan fingerprint density at radius 3 is 2.94 bits per heavy atom. The van der Waals surface area contributed by atoms with Crippen molar-refractivity contribution in [1.82, 2.24) is 14.9 Å². The van der Waals surface area contributed by atoms with Crippen LogP contribution in [0.2, 0.25) is 0 Å². The van der Waals surface area contributed by atoms with Crippen molar-refractivity contribution in [2.75, 3.05) is 37.4 Å². The molecule has 9 heteroatoms. The van der Waals surface area contributed by atoms with Crippen LogP contribution in [0.3, 0.4) is 0 Å². The van der Waals surface area contributed by atoms with Gasteiger partial charge in [0, 0.05) is 53.4 Å². The third-order valence-corrected chi connectivity index (χ3v) is 6.30. The number of rotatable bonds is 5. The smallest absolute Gasteiger partial charge is 0.259 e. The van der Waals surface area contributed by atoms with Crippen molar-refractivity contribution >= 4 is 39.8 Å². The van der Waals surface area contributed by atoms with E-state index in [1.807, 2.05) is 0 Å². The minimum atomic E-state index is -0.346. The van der Waals surface area contributed by atoms with E-state index in [0.717, 1.165) is 43.3 Å². The molecule has 158 valence electrons. The molecule has 0 atom stereocenters. The fraction of sp³-hybridized carbons (Fsp3) is 0.227. The van der Waals surface area contributed by atoms with Gasteiger partial charge in [-0.25, -0.2) is 4.98 Å². The highest BCUT2D eigenvalue weighted by atomic mass is 32.1. The molecule has 0 aliphatic carbocycles. The van der Waals surface area contributed by atoms with Crippen LogP contribution in [0.4, 0.5) is 11.5 Å². The van der Waals surface area contributed by atoms with E-state index in [2.05, 4.69) is 32.3 Å². The number of carbonyl (C=O) groups excluding carboxylic acids is 1. The minimum absolute atomic E-state index is 0.177. The molecule has 0 saturated carbocycles. The summed E-state index contributed by atoms with van der Waals surface area (Å²) in [6.07, 6.45) is 4.86. The Kier molecular flexibility index (Phi) is 5.37. The van der Waals surface area contributed by atoms with Crippen LogP contribution in [0.25, 0.3) is 21.5 Å². The van der Waals surface area contributed by atoms with Crippen LogP contribution in [-0.4, -0.2) is 47.1 Å². The number of nitrogens with zero attached hydrogens (tertiary/aromatic N) is 3. The first-order valence-corrected chi connectivity index (χ1v) is 10.8. The molecule has 0 bridgehead atoms. The second kappa shape index (κ2) is 8.46. The van der Waals surface area contributed by atoms with Gasteiger partial charge in [-0.2, -0.15) is 0 Å². The summed E-state index contributed by atoms with van der Waals surface area (Å²) in [4.78, 5) is 26.1. The molecule has 0 aromatic carbocycles. The van der Waals surface area contributed by atoms with Gasteiger partial charge in [-0.05, 0) is 24.3 Å². The first-order valence-electron chi connectivity index (χ1n) is 9.95. The number of carbonyl (C=O) groups is 1. The van der Waals surface area contributed by atoms with Gasteiger partial charge < -0.3 is 20.2 Å². The summed E-state index contributed by atoms with van der Waals surface area (Å²) in [5, 5.41) is 2.86. The lowest BCUT2D eigenvalue weighted by molar-refractivity contribution is 0.0346. The maximum atomic E-state index is 12.9. The van der Waals surface area contributed by atoms with Crippen molar-refractivity contribution in [3.63, 3.8) is 0 Å². The average Bonchev–Trinajstić information content (AvgIpc) is 3.45. The molecular formula is C22H21N5O3S. The number of anilines is 2. The Bertz CT molecular complexity index is 1230. The van der Waals surface area contributed by atoms with E-state index in [0.29, 0.717) is 22.4 Å². The number of hydrogen-bond acceptors (Lipinski definition) is 8. The highest BCUT2D eigenvalue weighted by Gasteiger charge is 2.17. The van der Waals surface area contributed by atoms with Crippen molar-refractivity contribution in [2.24, 2.45) is 0 Å². The number of amides is 1. The van der Waals surface area contributed by atoms with E-state index in [1.165, 1.54) is 11.1 Å². The third-order valence-electron chi connectivity index (χ3n) is 5.18. The van der Waals surface area contributed by atoms with Gasteiger partial charge >= 0.3 is 0 Å². The Hall–Kier alpha value is -3.27. The van der Waals surface area contributed by atoms with E-state index in [-0.39, 0.29) is 11.7 Å². The standard InChI is InChI=1S/C22H21N5O3S/c23-21-16(22(28)26-18-3-5-24-17-4-8-30-20(17)18)11-14(12-25-21)19-2-1-15(31-19)13-27-6-9-29-10-7-27/h1-5,8,11-12H,6-7,9-10,13H2,(H2,23,25)(H,24,26,28). The van der Waals surface area contributed by atoms with E-state index < -0.39 is 0 Å². The number of nitrogen functional groups attached to an aromatic ring is 1. The van der Waals surface area contributed by atoms with E-state index in [1.54, 1.807) is 41.9 Å². The molecule has 8 nitrogen and oxygen atoms in total. The number of thiophene rings is 1. The predicted molar refractivity (Wildman–Crippen MR) is 120 cm³/mol. The normalized spacial score (nSPS) is 14.7. The van der Waals surface area contributed by atoms with E-state index in [9.17, 15) is 4.79 Å². The SMILES string of the molecule is Nc1ncc(-c2ccc(CN3CCOCC3)s2)cc1C(=O)Nc1ccnc2ccoc12. The van der Waals surface area contributed by atoms with Crippen molar-refractivity contribution < 1.29 is 13.9 Å². The highest BCUT2D eigenvalue weighted by Crippen LogP contribution is 2.31. The van der Waals surface area contributed by atoms with E-state index >= 15 is 0 Å². The van der Waals surface area contributed by atoms with Gasteiger partial charge in [0.1, 0.15) is 11.3 Å². The quantitative estimate of drug-likeness (QED) is 0.493. The third kappa shape index (κ3) is 4.15. The molecule has 31 heavy (non-hydrogen) atoms. The molecule has 1 fully saturated rings. The molecule has 1 amide bonds. The lowest BCUT2D eigenvalue weighted by Gasteiger charge is -2.25. The fourth-order valence-corrected chi connectivity index (χ4v) is 4.58. The second-order valence-electron chi connectivity index (χ2n) is 7.26. The molecule has 5 rings (SSSR count). The maximum Gasteiger partial charge on any atom is 0.259 e. The number of fused-ring (bicyclic) bond motifs is 1. The largest absolute Gasteiger partial charge is 0.460 e. The van der Waals surface area contributed by atoms with Crippen LogP contribution in [-0.2, 0) is 11.3 Å². The number of pyridine rings is 2. The first-order chi connectivity index (χ1) is 15.2. The minimum Gasteiger partial charge on any atom is -0.460 e.